The fraction of sp³-hybridized carbons (Fsp3) is 0.543. The molecular weight excluding hydrogens is 586 g/mol. The third kappa shape index (κ3) is 14.4. The Morgan fingerprint density at radius 2 is 1.54 bits per heavy atom. The van der Waals surface area contributed by atoms with Crippen molar-refractivity contribution in [3.05, 3.63) is 59.7 Å². The van der Waals surface area contributed by atoms with Crippen LogP contribution < -0.4 is 20.9 Å². The zero-order chi connectivity index (χ0) is 33.0. The summed E-state index contributed by atoms with van der Waals surface area (Å²) in [6.45, 7) is 8.90. The highest BCUT2D eigenvalue weighted by Gasteiger charge is 2.18. The van der Waals surface area contributed by atoms with E-state index in [0.29, 0.717) is 31.8 Å². The van der Waals surface area contributed by atoms with Gasteiger partial charge in [0.05, 0.1) is 19.8 Å². The SMILES string of the molecule is CCCCOC(=O)N=C(N)c1ccc(OCCCN2CCC(CCCOc3ccc(C=NC(=O)OC(N)CCC)cc3)CC2)cc1. The molecule has 0 aliphatic carbocycles. The van der Waals surface area contributed by atoms with Crippen molar-refractivity contribution < 1.29 is 28.5 Å². The lowest BCUT2D eigenvalue weighted by molar-refractivity contribution is 0.105. The van der Waals surface area contributed by atoms with Gasteiger partial charge in [-0.2, -0.15) is 9.98 Å². The number of benzene rings is 2. The molecule has 0 spiro atoms. The lowest BCUT2D eigenvalue weighted by Crippen LogP contribution is -2.35. The van der Waals surface area contributed by atoms with Crippen LogP contribution in [0.15, 0.2) is 58.5 Å². The van der Waals surface area contributed by atoms with E-state index >= 15 is 0 Å². The molecule has 2 aromatic carbocycles. The highest BCUT2D eigenvalue weighted by atomic mass is 16.6. The number of nitrogens with two attached hydrogens (primary N) is 2. The first kappa shape index (κ1) is 36.5. The van der Waals surface area contributed by atoms with Crippen molar-refractivity contribution in [2.45, 2.75) is 77.9 Å². The number of nitrogens with zero attached hydrogens (tertiary/aromatic N) is 3. The zero-order valence-electron chi connectivity index (χ0n) is 27.4. The Kier molecular flexibility index (Phi) is 16.6. The van der Waals surface area contributed by atoms with Crippen LogP contribution in [0.3, 0.4) is 0 Å². The predicted molar refractivity (Wildman–Crippen MR) is 181 cm³/mol. The molecule has 252 valence electrons. The van der Waals surface area contributed by atoms with Crippen molar-refractivity contribution in [1.82, 2.24) is 4.90 Å². The summed E-state index contributed by atoms with van der Waals surface area (Å²) in [7, 11) is 0. The molecule has 0 aromatic heterocycles. The smallest absolute Gasteiger partial charge is 0.435 e. The van der Waals surface area contributed by atoms with Crippen molar-refractivity contribution in [3.8, 4) is 11.5 Å². The van der Waals surface area contributed by atoms with Gasteiger partial charge in [0.1, 0.15) is 17.3 Å². The molecule has 1 aliphatic rings. The predicted octanol–water partition coefficient (Wildman–Crippen LogP) is 6.31. The number of rotatable bonds is 18. The number of ether oxygens (including phenoxy) is 4. The van der Waals surface area contributed by atoms with E-state index in [1.54, 1.807) is 12.1 Å². The molecular formula is C35H51N5O6. The van der Waals surface area contributed by atoms with Crippen molar-refractivity contribution in [2.24, 2.45) is 27.4 Å². The van der Waals surface area contributed by atoms with Gasteiger partial charge in [-0.1, -0.05) is 26.7 Å². The molecule has 1 aliphatic heterocycles. The molecule has 1 fully saturated rings. The zero-order valence-corrected chi connectivity index (χ0v) is 27.4. The van der Waals surface area contributed by atoms with Gasteiger partial charge in [0.2, 0.25) is 0 Å². The van der Waals surface area contributed by atoms with Crippen LogP contribution in [0, 0.1) is 5.92 Å². The van der Waals surface area contributed by atoms with Crippen molar-refractivity contribution in [3.63, 3.8) is 0 Å². The number of aliphatic imine (C=N–C) groups is 2. The fourth-order valence-electron chi connectivity index (χ4n) is 5.04. The second-order valence-corrected chi connectivity index (χ2v) is 11.5. The van der Waals surface area contributed by atoms with E-state index in [-0.39, 0.29) is 5.84 Å². The third-order valence-electron chi connectivity index (χ3n) is 7.73. The molecule has 3 rings (SSSR count). The standard InChI is InChI=1S/C35H51N5O6/c1-3-5-23-45-35(42)39-33(37)29-12-16-31(17-13-29)44-25-7-20-40-21-18-27(19-22-40)9-6-24-43-30-14-10-28(11-15-30)26-38-34(41)46-32(36)8-4-2/h10-17,26-27,32H,3-9,18-25,36H2,1-2H3,(H2,37,39,42). The molecule has 2 aromatic rings. The number of carbonyl (C=O) groups is 2. The minimum Gasteiger partial charge on any atom is -0.494 e. The minimum absolute atomic E-state index is 0.132. The van der Waals surface area contributed by atoms with Gasteiger partial charge in [0, 0.05) is 18.3 Å². The quantitative estimate of drug-likeness (QED) is 0.0829. The number of amides is 2. The van der Waals surface area contributed by atoms with E-state index in [4.69, 9.17) is 30.4 Å². The first-order chi connectivity index (χ1) is 22.4. The Balaban J connectivity index is 1.23. The number of hydrogen-bond acceptors (Lipinski definition) is 8. The van der Waals surface area contributed by atoms with E-state index in [0.717, 1.165) is 81.1 Å². The summed E-state index contributed by atoms with van der Waals surface area (Å²) < 4.78 is 21.9. The largest absolute Gasteiger partial charge is 0.494 e. The maximum Gasteiger partial charge on any atom is 0.435 e. The summed E-state index contributed by atoms with van der Waals surface area (Å²) in [6, 6.07) is 14.8. The summed E-state index contributed by atoms with van der Waals surface area (Å²) in [5.41, 5.74) is 13.1. The lowest BCUT2D eigenvalue weighted by atomic mass is 9.92. The summed E-state index contributed by atoms with van der Waals surface area (Å²) in [5, 5.41) is 0. The number of amidine groups is 1. The Hall–Kier alpha value is -3.96. The Morgan fingerprint density at radius 3 is 2.20 bits per heavy atom. The van der Waals surface area contributed by atoms with Gasteiger partial charge >= 0.3 is 12.2 Å². The molecule has 0 bridgehead atoms. The number of piperidine rings is 1. The highest BCUT2D eigenvalue weighted by molar-refractivity contribution is 6.02. The topological polar surface area (TPSA) is 151 Å². The fourth-order valence-corrected chi connectivity index (χ4v) is 5.04. The van der Waals surface area contributed by atoms with E-state index in [1.807, 2.05) is 50.2 Å². The number of unbranched alkanes of at least 4 members (excludes halogenated alkanes) is 1. The minimum atomic E-state index is -0.682. The molecule has 1 heterocycles. The van der Waals surface area contributed by atoms with Gasteiger partial charge < -0.3 is 29.6 Å². The molecule has 4 N–H and O–H groups in total. The Labute approximate surface area is 273 Å². The van der Waals surface area contributed by atoms with Crippen LogP contribution in [0.4, 0.5) is 9.59 Å². The molecule has 46 heavy (non-hydrogen) atoms. The van der Waals surface area contributed by atoms with Crippen LogP contribution >= 0.6 is 0 Å². The van der Waals surface area contributed by atoms with Gasteiger partial charge in [-0.05, 0) is 118 Å². The monoisotopic (exact) mass is 637 g/mol. The Morgan fingerprint density at radius 1 is 0.891 bits per heavy atom. The maximum absolute atomic E-state index is 11.7. The van der Waals surface area contributed by atoms with Gasteiger partial charge in [-0.25, -0.2) is 9.59 Å². The van der Waals surface area contributed by atoms with Crippen LogP contribution in [0.5, 0.6) is 11.5 Å². The van der Waals surface area contributed by atoms with Gasteiger partial charge in [0.25, 0.3) is 0 Å². The van der Waals surface area contributed by atoms with Gasteiger partial charge in [-0.3, -0.25) is 5.73 Å². The lowest BCUT2D eigenvalue weighted by Gasteiger charge is -2.32. The molecule has 1 atom stereocenters. The third-order valence-corrected chi connectivity index (χ3v) is 7.73. The molecule has 11 heteroatoms. The van der Waals surface area contributed by atoms with Crippen molar-refractivity contribution >= 4 is 24.2 Å². The van der Waals surface area contributed by atoms with E-state index in [1.165, 1.54) is 19.1 Å². The molecule has 2 amide bonds. The number of likely N-dealkylation sites (tertiary alicyclic amines) is 1. The van der Waals surface area contributed by atoms with Crippen LogP contribution in [0.25, 0.3) is 0 Å². The second kappa shape index (κ2) is 21.0. The van der Waals surface area contributed by atoms with E-state index < -0.39 is 18.4 Å². The van der Waals surface area contributed by atoms with Crippen LogP contribution in [0.1, 0.15) is 82.8 Å². The molecule has 0 saturated carbocycles. The molecule has 0 radical (unpaired) electrons. The Bertz CT molecular complexity index is 1230. The van der Waals surface area contributed by atoms with Crippen molar-refractivity contribution in [1.29, 1.82) is 0 Å². The van der Waals surface area contributed by atoms with E-state index in [9.17, 15) is 9.59 Å². The summed E-state index contributed by atoms with van der Waals surface area (Å²) in [4.78, 5) is 33.6. The van der Waals surface area contributed by atoms with E-state index in [2.05, 4.69) is 14.9 Å². The van der Waals surface area contributed by atoms with Crippen LogP contribution in [-0.4, -0.2) is 74.8 Å². The first-order valence-corrected chi connectivity index (χ1v) is 16.6. The molecule has 11 nitrogen and oxygen atoms in total. The molecule has 1 saturated heterocycles. The normalized spacial score (nSPS) is 15.1. The maximum atomic E-state index is 11.7. The van der Waals surface area contributed by atoms with Gasteiger partial charge in [-0.15, -0.1) is 0 Å². The summed E-state index contributed by atoms with van der Waals surface area (Å²) >= 11 is 0. The second-order valence-electron chi connectivity index (χ2n) is 11.5. The molecule has 1 unspecified atom stereocenters. The highest BCUT2D eigenvalue weighted by Crippen LogP contribution is 2.22. The number of carbonyl (C=O) groups excluding carboxylic acids is 2. The van der Waals surface area contributed by atoms with Crippen LogP contribution in [-0.2, 0) is 9.47 Å². The average Bonchev–Trinajstić information content (AvgIpc) is 3.05. The van der Waals surface area contributed by atoms with Crippen LogP contribution in [0.2, 0.25) is 0 Å². The van der Waals surface area contributed by atoms with Gasteiger partial charge in [0.15, 0.2) is 6.23 Å². The summed E-state index contributed by atoms with van der Waals surface area (Å²) in [6.07, 6.45) is 8.24. The van der Waals surface area contributed by atoms with Crippen molar-refractivity contribution in [2.75, 3.05) is 39.5 Å². The first-order valence-electron chi connectivity index (χ1n) is 16.6. The average molecular weight is 638 g/mol. The number of hydrogen-bond donors (Lipinski definition) is 2. The summed E-state index contributed by atoms with van der Waals surface area (Å²) in [5.74, 6) is 2.42.